The van der Waals surface area contributed by atoms with Gasteiger partial charge >= 0.3 is 0 Å². The van der Waals surface area contributed by atoms with Gasteiger partial charge in [-0.15, -0.1) is 0 Å². The Labute approximate surface area is 132 Å². The van der Waals surface area contributed by atoms with Crippen LogP contribution in [0.1, 0.15) is 85.0 Å². The van der Waals surface area contributed by atoms with Gasteiger partial charge in [-0.25, -0.2) is 0 Å². The Kier molecular flexibility index (Phi) is 10.3. The molecule has 3 unspecified atom stereocenters. The molecule has 126 valence electrons. The van der Waals surface area contributed by atoms with E-state index < -0.39 is 0 Å². The largest absolute Gasteiger partial charge is 0.377 e. The molecular formula is C18H38N2O. The molecule has 3 atom stereocenters. The van der Waals surface area contributed by atoms with Gasteiger partial charge in [0.15, 0.2) is 0 Å². The second-order valence-corrected chi connectivity index (χ2v) is 6.74. The van der Waals surface area contributed by atoms with Gasteiger partial charge in [-0.05, 0) is 38.0 Å². The molecule has 3 nitrogen and oxygen atoms in total. The normalized spacial score (nSPS) is 21.1. The fourth-order valence-electron chi connectivity index (χ4n) is 3.87. The van der Waals surface area contributed by atoms with Crippen molar-refractivity contribution in [2.45, 2.75) is 97.1 Å². The van der Waals surface area contributed by atoms with Crippen molar-refractivity contribution >= 4 is 0 Å². The highest BCUT2D eigenvalue weighted by Crippen LogP contribution is 2.32. The van der Waals surface area contributed by atoms with Crippen LogP contribution < -0.4 is 11.3 Å². The molecule has 1 aliphatic rings. The maximum atomic E-state index is 6.14. The molecule has 0 radical (unpaired) electrons. The summed E-state index contributed by atoms with van der Waals surface area (Å²) in [6, 6.07) is 0.315. The Morgan fingerprint density at radius 2 is 1.86 bits per heavy atom. The average Bonchev–Trinajstić information content (AvgIpc) is 2.54. The van der Waals surface area contributed by atoms with Crippen LogP contribution >= 0.6 is 0 Å². The summed E-state index contributed by atoms with van der Waals surface area (Å²) in [6.45, 7) is 7.49. The van der Waals surface area contributed by atoms with E-state index in [1.807, 2.05) is 0 Å². The van der Waals surface area contributed by atoms with Gasteiger partial charge in [0, 0.05) is 12.6 Å². The summed E-state index contributed by atoms with van der Waals surface area (Å²) in [5.74, 6) is 7.39. The van der Waals surface area contributed by atoms with Crippen LogP contribution in [0, 0.1) is 11.8 Å². The maximum absolute atomic E-state index is 6.14. The van der Waals surface area contributed by atoms with Crippen molar-refractivity contribution in [1.82, 2.24) is 5.43 Å². The molecule has 0 aliphatic heterocycles. The van der Waals surface area contributed by atoms with Gasteiger partial charge in [0.2, 0.25) is 0 Å². The summed E-state index contributed by atoms with van der Waals surface area (Å²) in [4.78, 5) is 0. The molecular weight excluding hydrogens is 260 g/mol. The van der Waals surface area contributed by atoms with Gasteiger partial charge in [0.1, 0.15) is 0 Å². The highest BCUT2D eigenvalue weighted by Gasteiger charge is 2.31. The Bertz CT molecular complexity index is 241. The predicted molar refractivity (Wildman–Crippen MR) is 91.0 cm³/mol. The fourth-order valence-corrected chi connectivity index (χ4v) is 3.87. The first kappa shape index (κ1) is 18.9. The molecule has 0 amide bonds. The molecule has 3 heteroatoms. The van der Waals surface area contributed by atoms with Gasteiger partial charge in [0.25, 0.3) is 0 Å². The zero-order chi connectivity index (χ0) is 15.5. The monoisotopic (exact) mass is 298 g/mol. The van der Waals surface area contributed by atoms with Crippen molar-refractivity contribution in [2.75, 3.05) is 6.61 Å². The fraction of sp³-hybridized carbons (Fsp3) is 1.00. The molecule has 0 bridgehead atoms. The third-order valence-corrected chi connectivity index (χ3v) is 5.21. The van der Waals surface area contributed by atoms with E-state index >= 15 is 0 Å². The number of nitrogens with one attached hydrogen (secondary N) is 1. The lowest BCUT2D eigenvalue weighted by atomic mass is 9.79. The molecule has 1 saturated carbocycles. The quantitative estimate of drug-likeness (QED) is 0.439. The van der Waals surface area contributed by atoms with Gasteiger partial charge in [0.05, 0.1) is 6.10 Å². The molecule has 0 saturated heterocycles. The van der Waals surface area contributed by atoms with E-state index in [-0.39, 0.29) is 0 Å². The standard InChI is InChI=1S/C18H38N2O/c1-4-7-11-15(5-2)14-17(20-19)18(21-6-3)16-12-9-8-10-13-16/h15-18,20H,4-14,19H2,1-3H3. The summed E-state index contributed by atoms with van der Waals surface area (Å²) in [5, 5.41) is 0. The molecule has 3 N–H and O–H groups in total. The van der Waals surface area contributed by atoms with E-state index in [9.17, 15) is 0 Å². The molecule has 0 spiro atoms. The first-order valence-electron chi connectivity index (χ1n) is 9.34. The summed E-state index contributed by atoms with van der Waals surface area (Å²) in [7, 11) is 0. The Balaban J connectivity index is 2.61. The van der Waals surface area contributed by atoms with E-state index in [0.29, 0.717) is 18.1 Å². The molecule has 1 aliphatic carbocycles. The zero-order valence-corrected chi connectivity index (χ0v) is 14.6. The van der Waals surface area contributed by atoms with E-state index in [1.54, 1.807) is 0 Å². The Hall–Kier alpha value is -0.120. The van der Waals surface area contributed by atoms with Crippen molar-refractivity contribution in [3.05, 3.63) is 0 Å². The van der Waals surface area contributed by atoms with Gasteiger partial charge in [-0.3, -0.25) is 11.3 Å². The third-order valence-electron chi connectivity index (χ3n) is 5.21. The Morgan fingerprint density at radius 1 is 1.14 bits per heavy atom. The lowest BCUT2D eigenvalue weighted by Gasteiger charge is -2.36. The van der Waals surface area contributed by atoms with Crippen molar-refractivity contribution < 1.29 is 4.74 Å². The maximum Gasteiger partial charge on any atom is 0.0769 e. The van der Waals surface area contributed by atoms with Crippen molar-refractivity contribution in [3.63, 3.8) is 0 Å². The number of unbranched alkanes of at least 4 members (excludes halogenated alkanes) is 1. The first-order valence-corrected chi connectivity index (χ1v) is 9.34. The summed E-state index contributed by atoms with van der Waals surface area (Å²) in [5.41, 5.74) is 3.10. The number of hydrogen-bond donors (Lipinski definition) is 2. The number of hydrogen-bond acceptors (Lipinski definition) is 3. The molecule has 0 aromatic carbocycles. The second-order valence-electron chi connectivity index (χ2n) is 6.74. The highest BCUT2D eigenvalue weighted by molar-refractivity contribution is 4.85. The van der Waals surface area contributed by atoms with Crippen LogP contribution in [-0.4, -0.2) is 18.8 Å². The minimum atomic E-state index is 0.302. The van der Waals surface area contributed by atoms with E-state index in [4.69, 9.17) is 10.6 Å². The van der Waals surface area contributed by atoms with E-state index in [2.05, 4.69) is 26.2 Å². The molecule has 0 aromatic heterocycles. The van der Waals surface area contributed by atoms with Gasteiger partial charge in [-0.1, -0.05) is 58.8 Å². The molecule has 0 heterocycles. The second kappa shape index (κ2) is 11.4. The minimum absolute atomic E-state index is 0.302. The third kappa shape index (κ3) is 6.66. The predicted octanol–water partition coefficient (Wildman–Crippen LogP) is 4.41. The molecule has 0 aromatic rings. The van der Waals surface area contributed by atoms with Crippen LogP contribution in [0.5, 0.6) is 0 Å². The van der Waals surface area contributed by atoms with E-state index in [1.165, 1.54) is 57.8 Å². The van der Waals surface area contributed by atoms with Gasteiger partial charge in [-0.2, -0.15) is 0 Å². The van der Waals surface area contributed by atoms with Crippen LogP contribution in [0.15, 0.2) is 0 Å². The average molecular weight is 299 g/mol. The Morgan fingerprint density at radius 3 is 2.38 bits per heavy atom. The lowest BCUT2D eigenvalue weighted by Crippen LogP contribution is -2.49. The first-order chi connectivity index (χ1) is 10.3. The van der Waals surface area contributed by atoms with Crippen LogP contribution in [0.2, 0.25) is 0 Å². The van der Waals surface area contributed by atoms with Crippen LogP contribution in [0.3, 0.4) is 0 Å². The smallest absolute Gasteiger partial charge is 0.0769 e. The van der Waals surface area contributed by atoms with Crippen LogP contribution in [0.25, 0.3) is 0 Å². The number of nitrogens with two attached hydrogens (primary N) is 1. The highest BCUT2D eigenvalue weighted by atomic mass is 16.5. The lowest BCUT2D eigenvalue weighted by molar-refractivity contribution is -0.0232. The molecule has 1 fully saturated rings. The summed E-state index contributed by atoms with van der Waals surface area (Å²) < 4.78 is 6.14. The number of hydrazine groups is 1. The van der Waals surface area contributed by atoms with Crippen LogP contribution in [0.4, 0.5) is 0 Å². The minimum Gasteiger partial charge on any atom is -0.377 e. The van der Waals surface area contributed by atoms with Gasteiger partial charge < -0.3 is 4.74 Å². The molecule has 21 heavy (non-hydrogen) atoms. The van der Waals surface area contributed by atoms with Crippen molar-refractivity contribution in [2.24, 2.45) is 17.7 Å². The molecule has 1 rings (SSSR count). The van der Waals surface area contributed by atoms with Crippen molar-refractivity contribution in [1.29, 1.82) is 0 Å². The number of ether oxygens (including phenoxy) is 1. The number of rotatable bonds is 11. The van der Waals surface area contributed by atoms with Crippen molar-refractivity contribution in [3.8, 4) is 0 Å². The van der Waals surface area contributed by atoms with E-state index in [0.717, 1.165) is 18.9 Å². The topological polar surface area (TPSA) is 47.3 Å². The van der Waals surface area contributed by atoms with Crippen LogP contribution in [-0.2, 0) is 4.74 Å². The summed E-state index contributed by atoms with van der Waals surface area (Å²) in [6.07, 6.45) is 13.4. The summed E-state index contributed by atoms with van der Waals surface area (Å²) >= 11 is 0. The SMILES string of the molecule is CCCCC(CC)CC(NN)C(OCC)C1CCCCC1. The zero-order valence-electron chi connectivity index (χ0n) is 14.6.